The van der Waals surface area contributed by atoms with Crippen molar-refractivity contribution in [2.24, 2.45) is 11.3 Å². The van der Waals surface area contributed by atoms with E-state index >= 15 is 0 Å². The van der Waals surface area contributed by atoms with Crippen molar-refractivity contribution in [3.8, 4) is 0 Å². The first-order chi connectivity index (χ1) is 7.94. The molecule has 4 atom stereocenters. The van der Waals surface area contributed by atoms with Crippen molar-refractivity contribution < 1.29 is 15.3 Å². The normalized spacial score (nSPS) is 47.0. The molecule has 2 aliphatic carbocycles. The summed E-state index contributed by atoms with van der Waals surface area (Å²) >= 11 is 0. The Balaban J connectivity index is 2.41. The summed E-state index contributed by atoms with van der Waals surface area (Å²) in [6.45, 7) is 4.01. The summed E-state index contributed by atoms with van der Waals surface area (Å²) in [5.74, 6) is -0.114. The lowest BCUT2D eigenvalue weighted by Crippen LogP contribution is -2.61. The van der Waals surface area contributed by atoms with E-state index in [-0.39, 0.29) is 12.5 Å². The quantitative estimate of drug-likeness (QED) is 0.610. The molecule has 2 rings (SSSR count). The first-order valence-electron chi connectivity index (χ1n) is 6.61. The van der Waals surface area contributed by atoms with Gasteiger partial charge in [-0.1, -0.05) is 18.6 Å². The molecule has 0 aromatic carbocycles. The molecule has 1 fully saturated rings. The van der Waals surface area contributed by atoms with Gasteiger partial charge in [0.1, 0.15) is 0 Å². The van der Waals surface area contributed by atoms with Crippen LogP contribution in [0.3, 0.4) is 0 Å². The molecule has 3 heteroatoms. The molecular weight excluding hydrogens is 216 g/mol. The highest BCUT2D eigenvalue weighted by Crippen LogP contribution is 2.54. The van der Waals surface area contributed by atoms with E-state index in [1.165, 1.54) is 5.57 Å². The average Bonchev–Trinajstić information content (AvgIpc) is 2.38. The number of aliphatic hydroxyl groups excluding tert-OH is 2. The lowest BCUT2D eigenvalue weighted by molar-refractivity contribution is -0.202. The molecule has 0 bridgehead atoms. The van der Waals surface area contributed by atoms with E-state index in [1.54, 1.807) is 0 Å². The van der Waals surface area contributed by atoms with Gasteiger partial charge in [0.25, 0.3) is 0 Å². The molecule has 0 saturated heterocycles. The predicted molar refractivity (Wildman–Crippen MR) is 66.5 cm³/mol. The molecule has 0 aromatic rings. The average molecular weight is 240 g/mol. The summed E-state index contributed by atoms with van der Waals surface area (Å²) in [6, 6.07) is 0. The molecule has 98 valence electrons. The second-order valence-electron chi connectivity index (χ2n) is 6.08. The van der Waals surface area contributed by atoms with Gasteiger partial charge in [-0.25, -0.2) is 0 Å². The van der Waals surface area contributed by atoms with Gasteiger partial charge in [0.05, 0.1) is 11.7 Å². The summed E-state index contributed by atoms with van der Waals surface area (Å²) < 4.78 is 0. The van der Waals surface area contributed by atoms with Crippen LogP contribution >= 0.6 is 0 Å². The largest absolute Gasteiger partial charge is 0.396 e. The Kier molecular flexibility index (Phi) is 3.36. The van der Waals surface area contributed by atoms with Crippen molar-refractivity contribution in [3.63, 3.8) is 0 Å². The topological polar surface area (TPSA) is 60.7 Å². The summed E-state index contributed by atoms with van der Waals surface area (Å²) in [4.78, 5) is 0. The van der Waals surface area contributed by atoms with Gasteiger partial charge in [0, 0.05) is 17.9 Å². The van der Waals surface area contributed by atoms with Gasteiger partial charge >= 0.3 is 0 Å². The zero-order chi connectivity index (χ0) is 12.7. The van der Waals surface area contributed by atoms with Crippen molar-refractivity contribution in [3.05, 3.63) is 11.6 Å². The highest BCUT2D eigenvalue weighted by atomic mass is 16.3. The zero-order valence-corrected chi connectivity index (χ0v) is 10.8. The van der Waals surface area contributed by atoms with E-state index in [0.29, 0.717) is 19.3 Å². The highest BCUT2D eigenvalue weighted by molar-refractivity contribution is 5.17. The highest BCUT2D eigenvalue weighted by Gasteiger charge is 2.57. The Hall–Kier alpha value is -0.380. The third-order valence-corrected chi connectivity index (χ3v) is 5.11. The summed E-state index contributed by atoms with van der Waals surface area (Å²) in [5.41, 5.74) is -0.285. The van der Waals surface area contributed by atoms with Crippen LogP contribution < -0.4 is 0 Å². The molecule has 0 heterocycles. The molecule has 1 saturated carbocycles. The Morgan fingerprint density at radius 3 is 2.76 bits per heavy atom. The molecule has 17 heavy (non-hydrogen) atoms. The minimum Gasteiger partial charge on any atom is -0.396 e. The lowest BCUT2D eigenvalue weighted by Gasteiger charge is -2.55. The number of hydrogen-bond donors (Lipinski definition) is 3. The standard InChI is InChI=1S/C14H24O3/c1-10-4-3-7-13(2)12(16)6-5-11(9-15)14(13,17)8-10/h4,11-12,15-17H,3,5-9H2,1-2H3/t11-,12-,13-,14+/m0/s1. The fourth-order valence-electron chi connectivity index (χ4n) is 3.76. The minimum absolute atomic E-state index is 0.00604. The Labute approximate surface area is 103 Å². The van der Waals surface area contributed by atoms with Crippen LogP contribution in [0, 0.1) is 11.3 Å². The number of hydrogen-bond acceptors (Lipinski definition) is 3. The molecule has 2 aliphatic rings. The van der Waals surface area contributed by atoms with Gasteiger partial charge in [-0.05, 0) is 39.0 Å². The number of aliphatic hydroxyl groups is 3. The molecule has 3 nitrogen and oxygen atoms in total. The van der Waals surface area contributed by atoms with Gasteiger partial charge in [-0.15, -0.1) is 0 Å². The monoisotopic (exact) mass is 240 g/mol. The van der Waals surface area contributed by atoms with E-state index in [2.05, 4.69) is 6.08 Å². The van der Waals surface area contributed by atoms with Crippen LogP contribution in [-0.4, -0.2) is 33.6 Å². The van der Waals surface area contributed by atoms with E-state index in [9.17, 15) is 15.3 Å². The summed E-state index contributed by atoms with van der Waals surface area (Å²) in [6.07, 6.45) is 5.35. The van der Waals surface area contributed by atoms with E-state index in [0.717, 1.165) is 12.8 Å². The smallest absolute Gasteiger partial charge is 0.0812 e. The van der Waals surface area contributed by atoms with Crippen molar-refractivity contribution in [2.75, 3.05) is 6.61 Å². The van der Waals surface area contributed by atoms with Gasteiger partial charge in [0.2, 0.25) is 0 Å². The number of allylic oxidation sites excluding steroid dienone is 1. The Bertz CT molecular complexity index is 325. The number of fused-ring (bicyclic) bond motifs is 1. The predicted octanol–water partition coefficient (Wildman–Crippen LogP) is 1.62. The Morgan fingerprint density at radius 2 is 2.12 bits per heavy atom. The fraction of sp³-hybridized carbons (Fsp3) is 0.857. The maximum atomic E-state index is 11.1. The molecular formula is C14H24O3. The Morgan fingerprint density at radius 1 is 1.41 bits per heavy atom. The van der Waals surface area contributed by atoms with Crippen LogP contribution in [0.25, 0.3) is 0 Å². The molecule has 0 radical (unpaired) electrons. The van der Waals surface area contributed by atoms with Crippen LogP contribution in [0.5, 0.6) is 0 Å². The zero-order valence-electron chi connectivity index (χ0n) is 10.8. The van der Waals surface area contributed by atoms with Gasteiger partial charge in [0.15, 0.2) is 0 Å². The molecule has 0 amide bonds. The fourth-order valence-corrected chi connectivity index (χ4v) is 3.76. The van der Waals surface area contributed by atoms with Gasteiger partial charge in [-0.2, -0.15) is 0 Å². The molecule has 0 spiro atoms. The second kappa shape index (κ2) is 4.38. The molecule has 0 aromatic heterocycles. The van der Waals surface area contributed by atoms with Crippen molar-refractivity contribution >= 4 is 0 Å². The summed E-state index contributed by atoms with van der Waals surface area (Å²) in [7, 11) is 0. The van der Waals surface area contributed by atoms with Crippen molar-refractivity contribution in [1.82, 2.24) is 0 Å². The van der Waals surface area contributed by atoms with E-state index in [4.69, 9.17) is 0 Å². The van der Waals surface area contributed by atoms with Crippen molar-refractivity contribution in [2.45, 2.75) is 57.7 Å². The van der Waals surface area contributed by atoms with E-state index in [1.807, 2.05) is 13.8 Å². The lowest BCUT2D eigenvalue weighted by atomic mass is 9.55. The van der Waals surface area contributed by atoms with Crippen LogP contribution in [-0.2, 0) is 0 Å². The summed E-state index contributed by atoms with van der Waals surface area (Å²) in [5, 5.41) is 30.9. The SMILES string of the molecule is CC1=CCC[C@@]2(C)[C@@H](O)CC[C@@H](CO)[C@]2(O)C1. The first kappa shape index (κ1) is 13.1. The van der Waals surface area contributed by atoms with Crippen molar-refractivity contribution in [1.29, 1.82) is 0 Å². The minimum atomic E-state index is -0.962. The van der Waals surface area contributed by atoms with Crippen LogP contribution in [0.4, 0.5) is 0 Å². The maximum Gasteiger partial charge on any atom is 0.0812 e. The first-order valence-corrected chi connectivity index (χ1v) is 6.61. The molecule has 3 N–H and O–H groups in total. The van der Waals surface area contributed by atoms with Crippen LogP contribution in [0.2, 0.25) is 0 Å². The van der Waals surface area contributed by atoms with Gasteiger partial charge in [-0.3, -0.25) is 0 Å². The van der Waals surface area contributed by atoms with E-state index < -0.39 is 17.1 Å². The molecule has 0 unspecified atom stereocenters. The van der Waals surface area contributed by atoms with Gasteiger partial charge < -0.3 is 15.3 Å². The van der Waals surface area contributed by atoms with Crippen LogP contribution in [0.15, 0.2) is 11.6 Å². The third kappa shape index (κ3) is 1.85. The van der Waals surface area contributed by atoms with Crippen LogP contribution in [0.1, 0.15) is 46.0 Å². The number of rotatable bonds is 1. The molecule has 0 aliphatic heterocycles. The second-order valence-corrected chi connectivity index (χ2v) is 6.08. The maximum absolute atomic E-state index is 11.1. The third-order valence-electron chi connectivity index (χ3n) is 5.11.